The summed E-state index contributed by atoms with van der Waals surface area (Å²) in [5.41, 5.74) is -0.984. The first kappa shape index (κ1) is 103. The maximum absolute atomic E-state index is 15.4. The summed E-state index contributed by atoms with van der Waals surface area (Å²) >= 11 is 23.8. The van der Waals surface area contributed by atoms with Gasteiger partial charge < -0.3 is 33.4 Å². The Morgan fingerprint density at radius 2 is 0.679 bits per heavy atom. The van der Waals surface area contributed by atoms with Crippen LogP contribution in [0.4, 0.5) is 39.9 Å². The Labute approximate surface area is 814 Å². The molecule has 8 aromatic rings. The Bertz CT molecular complexity index is 6510. The molecule has 10 aliphatic rings. The summed E-state index contributed by atoms with van der Waals surface area (Å²) in [7, 11) is -19.8. The number of hydrogen-bond donors (Lipinski definition) is 0. The number of sulfone groups is 5. The number of rotatable bonds is 21. The number of carbonyl (C=O) groups excluding carboxylic acids is 3. The van der Waals surface area contributed by atoms with Gasteiger partial charge in [0.25, 0.3) is 0 Å². The van der Waals surface area contributed by atoms with Crippen LogP contribution in [-0.2, 0) is 82.5 Å². The summed E-state index contributed by atoms with van der Waals surface area (Å²) in [5.74, 6) is -9.85. The second-order valence-corrected chi connectivity index (χ2v) is 51.6. The Morgan fingerprint density at radius 1 is 0.387 bits per heavy atom. The molecule has 5 heterocycles. The average molecular weight is 2080 g/mol. The molecule has 20 nitrogen and oxygen atoms in total. The molecule has 5 saturated carbocycles. The van der Waals surface area contributed by atoms with Crippen molar-refractivity contribution < 1.29 is 115 Å². The quantitative estimate of drug-likeness (QED) is 0.0604. The molecule has 6 fully saturated rings. The van der Waals surface area contributed by atoms with Gasteiger partial charge in [-0.15, -0.1) is 0 Å². The minimum absolute atomic E-state index is 0.00426. The molecule has 0 aromatic heterocycles. The van der Waals surface area contributed by atoms with Gasteiger partial charge in [0, 0.05) is 94.7 Å². The molecule has 12 atom stereocenters. The lowest BCUT2D eigenvalue weighted by molar-refractivity contribution is -0.119. The van der Waals surface area contributed by atoms with E-state index in [4.69, 9.17) is 70.1 Å². The molecule has 5 aliphatic heterocycles. The van der Waals surface area contributed by atoms with Crippen molar-refractivity contribution in [1.29, 1.82) is 0 Å². The van der Waals surface area contributed by atoms with Gasteiger partial charge in [-0.25, -0.2) is 82.0 Å². The molecule has 0 spiro atoms. The van der Waals surface area contributed by atoms with Crippen molar-refractivity contribution in [2.45, 2.75) is 225 Å². The maximum Gasteiger partial charge on any atom is 0.410 e. The molecule has 0 unspecified atom stereocenters. The van der Waals surface area contributed by atoms with Crippen LogP contribution in [0.5, 0.6) is 23.0 Å². The lowest BCUT2D eigenvalue weighted by Gasteiger charge is -2.49. The third-order valence-corrected chi connectivity index (χ3v) is 43.2. The van der Waals surface area contributed by atoms with Crippen molar-refractivity contribution in [2.75, 3.05) is 58.4 Å². The van der Waals surface area contributed by atoms with Crippen LogP contribution >= 0.6 is 46.4 Å². The maximum atomic E-state index is 15.4. The number of halogens is 12. The standard InChI is InChI=1S/C28H33ClF2N2O5S.C25H27ClF2O4S.C24H25ClF2O5S2.C23H23ClF2O4S/c1-27(2,3)33-14-12-32(13-15-33)26(34)38-20-10-11-28(39(35,36)21-6-4-19(29)5-7-21)18(16-20)17-37-25-23(31)9-8-22(30)24(25)28;1-2-3-19(29)7-4-16-12-13-25(33(30,31)20-8-5-18(26)6-9-20)17(14-16)15-32-24-22(28)11-10-21(27)23(24)25;25-17-1-3-19(4-2-17)34(30,31)24-11-9-15(10-12-33(28,29)18-5-6-18)13-16(24)14-32-23-21(27)8-7-20(26)22(23)24;1-14(27)2-3-15-10-11-23(31(28,29)18-6-4-17(24)5-7-18)16(12-15)13-30-22-20(26)9-8-19(25)21(22)23/h4-9,18,20H,10-17H2,1-3H3;5-6,8-11,16-17H,2-4,7,12-15H2,1H3;1-4,7-8,15-16,18H,5-6,9-14H2;4-9,15-16H,2-3,10-13H2,1H3/t18-,20-,28+;16-,17-,25+;15-,16+,24-;15-,16-,23+/m1101/s1. The lowest BCUT2D eigenvalue weighted by Crippen LogP contribution is -2.56. The third-order valence-electron chi connectivity index (χ3n) is 29.6. The molecule has 18 rings (SSSR count). The monoisotopic (exact) mass is 2080 g/mol. The fraction of sp³-hybridized carbons (Fsp3) is 0.490. The van der Waals surface area contributed by atoms with E-state index in [-0.39, 0.29) is 176 Å². The van der Waals surface area contributed by atoms with Crippen molar-refractivity contribution in [3.8, 4) is 23.0 Å². The van der Waals surface area contributed by atoms with Crippen molar-refractivity contribution >= 4 is 113 Å². The van der Waals surface area contributed by atoms with Crippen LogP contribution in [0.2, 0.25) is 20.1 Å². The van der Waals surface area contributed by atoms with E-state index >= 15 is 17.6 Å². The highest BCUT2D eigenvalue weighted by atomic mass is 35.5. The molecule has 137 heavy (non-hydrogen) atoms. The predicted molar refractivity (Wildman–Crippen MR) is 502 cm³/mol. The Hall–Kier alpha value is -8.12. The van der Waals surface area contributed by atoms with Crippen LogP contribution < -0.4 is 18.9 Å². The first-order valence-corrected chi connectivity index (χ1v) is 55.3. The molecular weight excluding hydrogens is 1970 g/mol. The first-order chi connectivity index (χ1) is 64.8. The zero-order valence-electron chi connectivity index (χ0n) is 76.1. The number of benzene rings is 8. The minimum Gasteiger partial charge on any atom is -0.490 e. The molecule has 0 radical (unpaired) electrons. The van der Waals surface area contributed by atoms with Crippen molar-refractivity contribution in [2.24, 2.45) is 41.4 Å². The number of nitrogens with zero attached hydrogens (tertiary/aromatic N) is 2. The summed E-state index contributed by atoms with van der Waals surface area (Å²) in [6, 6.07) is 30.4. The number of hydrogen-bond acceptors (Lipinski definition) is 19. The summed E-state index contributed by atoms with van der Waals surface area (Å²) in [6.07, 6.45) is 7.47. The number of piperazine rings is 1. The zero-order chi connectivity index (χ0) is 98.7. The van der Waals surface area contributed by atoms with Gasteiger partial charge in [-0.05, 0) is 307 Å². The van der Waals surface area contributed by atoms with Gasteiger partial charge in [-0.2, -0.15) is 0 Å². The second kappa shape index (κ2) is 40.7. The normalized spacial score (nSPS) is 25.7. The highest BCUT2D eigenvalue weighted by Crippen LogP contribution is 2.63. The minimum atomic E-state index is -4.25. The lowest BCUT2D eigenvalue weighted by atomic mass is 9.68. The second-order valence-electron chi connectivity index (χ2n) is 38.6. The summed E-state index contributed by atoms with van der Waals surface area (Å²) in [5, 5.41) is 1.23. The molecule has 0 N–H and O–H groups in total. The smallest absolute Gasteiger partial charge is 0.410 e. The van der Waals surface area contributed by atoms with E-state index in [9.17, 15) is 74.0 Å². The van der Waals surface area contributed by atoms with Crippen molar-refractivity contribution in [1.82, 2.24) is 9.80 Å². The van der Waals surface area contributed by atoms with E-state index in [2.05, 4.69) is 25.7 Å². The fourth-order valence-corrected chi connectivity index (χ4v) is 34.2. The van der Waals surface area contributed by atoms with Crippen LogP contribution in [0.3, 0.4) is 0 Å². The summed E-state index contributed by atoms with van der Waals surface area (Å²) in [6.45, 7) is 12.1. The van der Waals surface area contributed by atoms with Gasteiger partial charge >= 0.3 is 6.09 Å². The van der Waals surface area contributed by atoms with E-state index in [0.29, 0.717) is 123 Å². The van der Waals surface area contributed by atoms with Gasteiger partial charge in [-0.1, -0.05) is 53.3 Å². The van der Waals surface area contributed by atoms with Crippen LogP contribution in [0.15, 0.2) is 165 Å². The molecule has 1 amide bonds. The Balaban J connectivity index is 0.000000139. The number of amides is 1. The molecule has 1 saturated heterocycles. The van der Waals surface area contributed by atoms with Gasteiger partial charge in [0.2, 0.25) is 0 Å². The summed E-state index contributed by atoms with van der Waals surface area (Å²) < 4.78 is 279. The Kier molecular flexibility index (Phi) is 30.7. The highest BCUT2D eigenvalue weighted by Gasteiger charge is 2.65. The van der Waals surface area contributed by atoms with E-state index in [1.165, 1.54) is 104 Å². The van der Waals surface area contributed by atoms with E-state index in [1.54, 1.807) is 4.90 Å². The van der Waals surface area contributed by atoms with Gasteiger partial charge in [0.05, 0.1) is 79.3 Å². The number of fused-ring (bicyclic) bond motifs is 12. The SMILES string of the molecule is CC(=O)CC[C@@H]1CC[C@@]2(S(=O)(=O)c3ccc(Cl)cc3)c3c(F)ccc(F)c3OC[C@H]2C1.CC(C)(C)N1CCN(C(=O)O[C@@H]2CC[C@@]3(S(=O)(=O)c4ccc(Cl)cc4)c4c(F)ccc(F)c4OC[C@H]3C2)CC1.CCCC(=O)CC[C@@H]1CC[C@@]2(S(=O)(=O)c3ccc(Cl)cc3)c3c(F)ccc(F)c3OC[C@H]2C1.O=S(=O)(CC[C@@H]1CC[C@@]2(S(=O)(=O)c3ccc(Cl)cc3)c3c(F)ccc(F)c3OC[C@H]2C1)C1CC1. The van der Waals surface area contributed by atoms with Crippen molar-refractivity contribution in [3.63, 3.8) is 0 Å². The van der Waals surface area contributed by atoms with Crippen LogP contribution in [-0.4, -0.2) is 145 Å². The average Bonchev–Trinajstić information content (AvgIpc) is 1.64. The zero-order valence-corrected chi connectivity index (χ0v) is 83.2. The largest absolute Gasteiger partial charge is 0.490 e. The Morgan fingerprint density at radius 3 is 0.978 bits per heavy atom. The molecule has 740 valence electrons. The van der Waals surface area contributed by atoms with E-state index in [0.717, 1.165) is 68.0 Å². The third kappa shape index (κ3) is 19.8. The number of Topliss-reactive ketones (excluding diaryl/α,β-unsaturated/α-hetero) is 2. The molecular formula is C100H108Cl4F8N2O18S5. The molecule has 0 bridgehead atoms. The first-order valence-electron chi connectivity index (χ1n) is 46.2. The summed E-state index contributed by atoms with van der Waals surface area (Å²) in [4.78, 5) is 40.4. The number of carbonyl (C=O) groups is 3. The number of ketones is 2. The van der Waals surface area contributed by atoms with Gasteiger partial charge in [0.15, 0.2) is 95.5 Å². The van der Waals surface area contributed by atoms with Gasteiger partial charge in [0.1, 0.15) is 59.9 Å². The van der Waals surface area contributed by atoms with Crippen LogP contribution in [0.25, 0.3) is 0 Å². The fourth-order valence-electron chi connectivity index (χ4n) is 22.4. The molecule has 8 aromatic carbocycles. The van der Waals surface area contributed by atoms with Gasteiger partial charge in [-0.3, -0.25) is 9.69 Å². The molecule has 37 heteroatoms. The van der Waals surface area contributed by atoms with E-state index in [1.807, 2.05) is 6.92 Å². The van der Waals surface area contributed by atoms with Crippen LogP contribution in [0, 0.1) is 88.0 Å². The highest BCUT2D eigenvalue weighted by molar-refractivity contribution is 7.93. The van der Waals surface area contributed by atoms with E-state index < -0.39 is 151 Å². The topological polar surface area (TPSA) is 275 Å². The van der Waals surface area contributed by atoms with Crippen molar-refractivity contribution in [3.05, 3.63) is 234 Å². The number of ether oxygens (including phenoxy) is 5. The molecule has 5 aliphatic carbocycles. The van der Waals surface area contributed by atoms with Crippen LogP contribution in [0.1, 0.15) is 192 Å². The predicted octanol–water partition coefficient (Wildman–Crippen LogP) is 22.2.